The van der Waals surface area contributed by atoms with Gasteiger partial charge >= 0.3 is 5.97 Å². The first-order valence-electron chi connectivity index (χ1n) is 6.77. The fourth-order valence-corrected chi connectivity index (χ4v) is 1.81. The number of carbonyl (C=O) groups excluding carboxylic acids is 2. The van der Waals surface area contributed by atoms with Crippen LogP contribution in [-0.4, -0.2) is 25.6 Å². The third kappa shape index (κ3) is 4.25. The zero-order chi connectivity index (χ0) is 18.6. The Bertz CT molecular complexity index is 826. The van der Waals surface area contributed by atoms with Gasteiger partial charge in [-0.15, -0.1) is 0 Å². The molecule has 0 heterocycles. The molecule has 0 aromatic heterocycles. The number of hydrogen-bond acceptors (Lipinski definition) is 4. The van der Waals surface area contributed by atoms with Gasteiger partial charge in [-0.1, -0.05) is 0 Å². The molecule has 2 rings (SSSR count). The molecule has 25 heavy (non-hydrogen) atoms. The number of amides is 1. The molecule has 0 aliphatic carbocycles. The summed E-state index contributed by atoms with van der Waals surface area (Å²) in [7, 11) is 1.31. The number of hydrogen-bond donors (Lipinski definition) is 1. The topological polar surface area (TPSA) is 64.6 Å². The highest BCUT2D eigenvalue weighted by molar-refractivity contribution is 5.95. The predicted molar refractivity (Wildman–Crippen MR) is 78.2 cm³/mol. The second-order valence-corrected chi connectivity index (χ2v) is 4.69. The Hall–Kier alpha value is -3.10. The third-order valence-electron chi connectivity index (χ3n) is 3.04. The SMILES string of the molecule is COc1ccc(C(=O)OCC(=O)Nc2ccc(F)c(F)c2F)c(F)c1. The second kappa shape index (κ2) is 7.65. The molecule has 2 aromatic rings. The zero-order valence-corrected chi connectivity index (χ0v) is 12.7. The second-order valence-electron chi connectivity index (χ2n) is 4.69. The number of benzene rings is 2. The van der Waals surface area contributed by atoms with E-state index in [1.807, 2.05) is 5.32 Å². The molecule has 9 heteroatoms. The van der Waals surface area contributed by atoms with Crippen molar-refractivity contribution in [3.05, 3.63) is 59.2 Å². The van der Waals surface area contributed by atoms with E-state index in [9.17, 15) is 27.2 Å². The van der Waals surface area contributed by atoms with Crippen LogP contribution in [0.25, 0.3) is 0 Å². The van der Waals surface area contributed by atoms with Crippen molar-refractivity contribution in [2.24, 2.45) is 0 Å². The third-order valence-corrected chi connectivity index (χ3v) is 3.04. The van der Waals surface area contributed by atoms with Gasteiger partial charge in [0.15, 0.2) is 24.1 Å². The molecule has 0 saturated carbocycles. The molecule has 0 saturated heterocycles. The molecule has 1 amide bonds. The minimum atomic E-state index is -1.75. The number of ether oxygens (including phenoxy) is 2. The number of anilines is 1. The number of halogens is 4. The van der Waals surface area contributed by atoms with Crippen molar-refractivity contribution >= 4 is 17.6 Å². The van der Waals surface area contributed by atoms with Crippen LogP contribution in [0.1, 0.15) is 10.4 Å². The van der Waals surface area contributed by atoms with Crippen molar-refractivity contribution in [2.45, 2.75) is 0 Å². The van der Waals surface area contributed by atoms with Gasteiger partial charge in [0.25, 0.3) is 5.91 Å². The van der Waals surface area contributed by atoms with Gasteiger partial charge in [0.1, 0.15) is 11.6 Å². The highest BCUT2D eigenvalue weighted by Gasteiger charge is 2.18. The van der Waals surface area contributed by atoms with Crippen LogP contribution in [0.5, 0.6) is 5.75 Å². The number of methoxy groups -OCH3 is 1. The Kier molecular flexibility index (Phi) is 5.58. The van der Waals surface area contributed by atoms with Gasteiger partial charge in [0, 0.05) is 6.07 Å². The van der Waals surface area contributed by atoms with E-state index in [1.165, 1.54) is 13.2 Å². The van der Waals surface area contributed by atoms with Crippen molar-refractivity contribution in [2.75, 3.05) is 19.0 Å². The highest BCUT2D eigenvalue weighted by Crippen LogP contribution is 2.20. The maximum atomic E-state index is 13.7. The molecule has 0 radical (unpaired) electrons. The summed E-state index contributed by atoms with van der Waals surface area (Å²) in [5.41, 5.74) is -1.07. The van der Waals surface area contributed by atoms with Crippen LogP contribution in [0.2, 0.25) is 0 Å². The van der Waals surface area contributed by atoms with E-state index in [-0.39, 0.29) is 5.75 Å². The van der Waals surface area contributed by atoms with Crippen molar-refractivity contribution in [3.8, 4) is 5.75 Å². The molecule has 0 aliphatic rings. The molecule has 5 nitrogen and oxygen atoms in total. The van der Waals surface area contributed by atoms with Crippen LogP contribution in [0.4, 0.5) is 23.2 Å². The maximum Gasteiger partial charge on any atom is 0.341 e. The summed E-state index contributed by atoms with van der Waals surface area (Å²) in [6.07, 6.45) is 0. The fourth-order valence-electron chi connectivity index (χ4n) is 1.81. The molecule has 0 spiro atoms. The molecular formula is C16H11F4NO4. The minimum Gasteiger partial charge on any atom is -0.497 e. The summed E-state index contributed by atoms with van der Waals surface area (Å²) < 4.78 is 62.3. The van der Waals surface area contributed by atoms with Crippen molar-refractivity contribution in [1.29, 1.82) is 0 Å². The van der Waals surface area contributed by atoms with Crippen molar-refractivity contribution < 1.29 is 36.6 Å². The summed E-state index contributed by atoms with van der Waals surface area (Å²) in [6.45, 7) is -0.886. The van der Waals surface area contributed by atoms with Gasteiger partial charge in [-0.05, 0) is 24.3 Å². The monoisotopic (exact) mass is 357 g/mol. The van der Waals surface area contributed by atoms with Crippen LogP contribution < -0.4 is 10.1 Å². The number of nitrogens with one attached hydrogen (secondary N) is 1. The average molecular weight is 357 g/mol. The van der Waals surface area contributed by atoms with Crippen LogP contribution in [-0.2, 0) is 9.53 Å². The summed E-state index contributed by atoms with van der Waals surface area (Å²) in [6, 6.07) is 4.79. The van der Waals surface area contributed by atoms with Gasteiger partial charge in [-0.25, -0.2) is 22.4 Å². The van der Waals surface area contributed by atoms with Crippen LogP contribution >= 0.6 is 0 Å². The van der Waals surface area contributed by atoms with Gasteiger partial charge in [-0.3, -0.25) is 4.79 Å². The van der Waals surface area contributed by atoms with E-state index in [0.717, 1.165) is 18.2 Å². The Labute approximate surface area is 139 Å². The van der Waals surface area contributed by atoms with Gasteiger partial charge < -0.3 is 14.8 Å². The lowest BCUT2D eigenvalue weighted by Crippen LogP contribution is -2.22. The van der Waals surface area contributed by atoms with E-state index in [0.29, 0.717) is 6.07 Å². The molecule has 2 aromatic carbocycles. The fraction of sp³-hybridized carbons (Fsp3) is 0.125. The van der Waals surface area contributed by atoms with Crippen LogP contribution in [0.3, 0.4) is 0 Å². The number of rotatable bonds is 5. The summed E-state index contributed by atoms with van der Waals surface area (Å²) in [5, 5.41) is 1.91. The largest absolute Gasteiger partial charge is 0.497 e. The summed E-state index contributed by atoms with van der Waals surface area (Å²) in [4.78, 5) is 23.3. The molecule has 132 valence electrons. The maximum absolute atomic E-state index is 13.7. The smallest absolute Gasteiger partial charge is 0.341 e. The Morgan fingerprint density at radius 3 is 2.36 bits per heavy atom. The standard InChI is InChI=1S/C16H11F4NO4/c1-24-8-2-3-9(11(18)6-8)16(23)25-7-13(22)21-12-5-4-10(17)14(19)15(12)20/h2-6H,7H2,1H3,(H,21,22). The van der Waals surface area contributed by atoms with Gasteiger partial charge in [0.05, 0.1) is 18.4 Å². The Balaban J connectivity index is 1.98. The van der Waals surface area contributed by atoms with E-state index < -0.39 is 53.0 Å². The first-order valence-corrected chi connectivity index (χ1v) is 6.77. The van der Waals surface area contributed by atoms with E-state index >= 15 is 0 Å². The van der Waals surface area contributed by atoms with Gasteiger partial charge in [-0.2, -0.15) is 0 Å². The van der Waals surface area contributed by atoms with Gasteiger partial charge in [0.2, 0.25) is 0 Å². The van der Waals surface area contributed by atoms with Crippen molar-refractivity contribution in [3.63, 3.8) is 0 Å². The van der Waals surface area contributed by atoms with Crippen LogP contribution in [0.15, 0.2) is 30.3 Å². The lowest BCUT2D eigenvalue weighted by Gasteiger charge is -2.09. The molecule has 0 fully saturated rings. The van der Waals surface area contributed by atoms with Crippen LogP contribution in [0, 0.1) is 23.3 Å². The van der Waals surface area contributed by atoms with E-state index in [1.54, 1.807) is 0 Å². The molecule has 0 aliphatic heterocycles. The quantitative estimate of drug-likeness (QED) is 0.508. The predicted octanol–water partition coefficient (Wildman–Crippen LogP) is 3.05. The molecule has 0 atom stereocenters. The summed E-state index contributed by atoms with van der Waals surface area (Å²) >= 11 is 0. The lowest BCUT2D eigenvalue weighted by atomic mass is 10.2. The summed E-state index contributed by atoms with van der Waals surface area (Å²) in [5.74, 6) is -7.67. The Morgan fingerprint density at radius 2 is 1.72 bits per heavy atom. The molecule has 1 N–H and O–H groups in total. The Morgan fingerprint density at radius 1 is 1.00 bits per heavy atom. The normalized spacial score (nSPS) is 10.3. The first kappa shape index (κ1) is 18.2. The minimum absolute atomic E-state index is 0.181. The van der Waals surface area contributed by atoms with E-state index in [2.05, 4.69) is 4.74 Å². The molecule has 0 bridgehead atoms. The van der Waals surface area contributed by atoms with Crippen molar-refractivity contribution in [1.82, 2.24) is 0 Å². The van der Waals surface area contributed by atoms with E-state index in [4.69, 9.17) is 4.74 Å². The molecular weight excluding hydrogens is 346 g/mol. The highest BCUT2D eigenvalue weighted by atomic mass is 19.2. The lowest BCUT2D eigenvalue weighted by molar-refractivity contribution is -0.119. The number of esters is 1. The average Bonchev–Trinajstić information content (AvgIpc) is 2.60. The zero-order valence-electron chi connectivity index (χ0n) is 12.7. The number of carbonyl (C=O) groups is 2. The molecule has 0 unspecified atom stereocenters. The first-order chi connectivity index (χ1) is 11.8.